The van der Waals surface area contributed by atoms with Crippen molar-refractivity contribution in [2.24, 2.45) is 0 Å². The number of hydrogen-bond acceptors (Lipinski definition) is 3. The van der Waals surface area contributed by atoms with Crippen LogP contribution in [0.15, 0.2) is 84.9 Å². The van der Waals surface area contributed by atoms with Crippen LogP contribution in [0.2, 0.25) is 0 Å². The minimum Gasteiger partial charge on any atom is -0.341 e. The first kappa shape index (κ1) is 24.2. The first-order valence-corrected chi connectivity index (χ1v) is 12.2. The van der Waals surface area contributed by atoms with E-state index in [0.29, 0.717) is 36.3 Å². The van der Waals surface area contributed by atoms with Gasteiger partial charge in [-0.3, -0.25) is 14.4 Å². The minimum absolute atomic E-state index is 0.0603. The highest BCUT2D eigenvalue weighted by atomic mass is 16.2. The Morgan fingerprint density at radius 1 is 0.714 bits per heavy atom. The molecule has 180 valence electrons. The minimum atomic E-state index is -0.694. The molecule has 3 aromatic carbocycles. The van der Waals surface area contributed by atoms with E-state index in [1.165, 1.54) is 0 Å². The zero-order valence-corrected chi connectivity index (χ0v) is 19.8. The molecule has 3 amide bonds. The summed E-state index contributed by atoms with van der Waals surface area (Å²) in [5.41, 5.74) is 2.20. The monoisotopic (exact) mass is 469 g/mol. The number of anilines is 1. The molecule has 6 nitrogen and oxygen atoms in total. The maximum Gasteiger partial charge on any atom is 0.255 e. The van der Waals surface area contributed by atoms with Crippen LogP contribution in [0, 0.1) is 0 Å². The van der Waals surface area contributed by atoms with E-state index in [1.807, 2.05) is 41.3 Å². The molecule has 1 atom stereocenters. The molecule has 1 fully saturated rings. The van der Waals surface area contributed by atoms with Crippen molar-refractivity contribution in [3.63, 3.8) is 0 Å². The summed E-state index contributed by atoms with van der Waals surface area (Å²) in [6.07, 6.45) is 4.60. The van der Waals surface area contributed by atoms with Gasteiger partial charge in [-0.2, -0.15) is 0 Å². The molecule has 35 heavy (non-hydrogen) atoms. The fourth-order valence-electron chi connectivity index (χ4n) is 4.37. The quantitative estimate of drug-likeness (QED) is 0.527. The molecule has 2 N–H and O–H groups in total. The Bertz CT molecular complexity index is 1140. The van der Waals surface area contributed by atoms with Crippen molar-refractivity contribution >= 4 is 23.4 Å². The third kappa shape index (κ3) is 6.57. The van der Waals surface area contributed by atoms with E-state index in [0.717, 1.165) is 31.2 Å². The number of likely N-dealkylation sites (tertiary alicyclic amines) is 1. The summed E-state index contributed by atoms with van der Waals surface area (Å²) in [7, 11) is 0. The highest BCUT2D eigenvalue weighted by Gasteiger charge is 2.28. The van der Waals surface area contributed by atoms with Crippen molar-refractivity contribution in [2.75, 3.05) is 18.4 Å². The van der Waals surface area contributed by atoms with Gasteiger partial charge >= 0.3 is 0 Å². The van der Waals surface area contributed by atoms with Crippen molar-refractivity contribution < 1.29 is 14.4 Å². The van der Waals surface area contributed by atoms with Gasteiger partial charge in [-0.15, -0.1) is 0 Å². The maximum absolute atomic E-state index is 13.5. The molecule has 6 heteroatoms. The summed E-state index contributed by atoms with van der Waals surface area (Å²) < 4.78 is 0. The molecule has 0 aliphatic carbocycles. The molecule has 1 aliphatic heterocycles. The second-order valence-electron chi connectivity index (χ2n) is 8.82. The molecule has 0 spiro atoms. The van der Waals surface area contributed by atoms with Crippen molar-refractivity contribution in [1.29, 1.82) is 0 Å². The van der Waals surface area contributed by atoms with Crippen molar-refractivity contribution in [1.82, 2.24) is 10.2 Å². The van der Waals surface area contributed by atoms with Crippen LogP contribution in [0.1, 0.15) is 52.0 Å². The zero-order valence-electron chi connectivity index (χ0n) is 19.8. The Morgan fingerprint density at radius 2 is 1.31 bits per heavy atom. The maximum atomic E-state index is 13.5. The number of amides is 3. The van der Waals surface area contributed by atoms with Gasteiger partial charge in [0.1, 0.15) is 6.04 Å². The van der Waals surface area contributed by atoms with E-state index < -0.39 is 11.9 Å². The molecule has 0 aromatic heterocycles. The predicted molar refractivity (Wildman–Crippen MR) is 137 cm³/mol. The summed E-state index contributed by atoms with van der Waals surface area (Å²) >= 11 is 0. The van der Waals surface area contributed by atoms with Crippen LogP contribution >= 0.6 is 0 Å². The third-order valence-corrected chi connectivity index (χ3v) is 6.26. The van der Waals surface area contributed by atoms with Crippen LogP contribution in [0.3, 0.4) is 0 Å². The van der Waals surface area contributed by atoms with E-state index in [-0.39, 0.29) is 11.8 Å². The van der Waals surface area contributed by atoms with Crippen LogP contribution in [0.25, 0.3) is 0 Å². The Labute approximate surface area is 206 Å². The average molecular weight is 470 g/mol. The van der Waals surface area contributed by atoms with Crippen LogP contribution in [0.5, 0.6) is 0 Å². The predicted octanol–water partition coefficient (Wildman–Crippen LogP) is 4.68. The van der Waals surface area contributed by atoms with Gasteiger partial charge in [0.15, 0.2) is 0 Å². The molecular weight excluding hydrogens is 438 g/mol. The van der Waals surface area contributed by atoms with E-state index >= 15 is 0 Å². The summed E-state index contributed by atoms with van der Waals surface area (Å²) in [4.78, 5) is 41.5. The summed E-state index contributed by atoms with van der Waals surface area (Å²) in [5.74, 6) is -0.750. The van der Waals surface area contributed by atoms with Gasteiger partial charge in [-0.25, -0.2) is 0 Å². The zero-order chi connectivity index (χ0) is 24.5. The molecule has 0 radical (unpaired) electrons. The summed E-state index contributed by atoms with van der Waals surface area (Å²) in [5, 5.41) is 5.81. The van der Waals surface area contributed by atoms with Gasteiger partial charge in [-0.05, 0) is 42.7 Å². The number of carbonyl (C=O) groups excluding carboxylic acids is 3. The standard InChI is InChI=1S/C29H31N3O3/c33-27(23-15-7-4-8-16-23)30-25-18-10-9-17-24(25)28(34)31-26(21-22-13-5-3-6-14-22)29(35)32-19-11-1-2-12-20-32/h3-10,13-18,26H,1-2,11-12,19-21H2,(H,30,33)(H,31,34)/t26-/m1/s1. The Morgan fingerprint density at radius 3 is 2.00 bits per heavy atom. The van der Waals surface area contributed by atoms with Gasteiger partial charge in [0, 0.05) is 25.1 Å². The SMILES string of the molecule is O=C(Nc1ccccc1C(=O)N[C@H](Cc1ccccc1)C(=O)N1CCCCCC1)c1ccccc1. The van der Waals surface area contributed by atoms with Crippen molar-refractivity contribution in [3.8, 4) is 0 Å². The molecule has 1 heterocycles. The fraction of sp³-hybridized carbons (Fsp3) is 0.276. The Kier molecular flexibility index (Phi) is 8.28. The van der Waals surface area contributed by atoms with E-state index in [4.69, 9.17) is 0 Å². The molecule has 0 unspecified atom stereocenters. The topological polar surface area (TPSA) is 78.5 Å². The van der Waals surface area contributed by atoms with E-state index in [1.54, 1.807) is 48.5 Å². The number of carbonyl (C=O) groups is 3. The van der Waals surface area contributed by atoms with Crippen LogP contribution in [-0.4, -0.2) is 41.8 Å². The molecule has 0 bridgehead atoms. The van der Waals surface area contributed by atoms with Gasteiger partial charge in [0.2, 0.25) is 5.91 Å². The lowest BCUT2D eigenvalue weighted by atomic mass is 10.0. The lowest BCUT2D eigenvalue weighted by Crippen LogP contribution is -2.50. The molecule has 3 aromatic rings. The number of para-hydroxylation sites is 1. The molecule has 4 rings (SSSR count). The van der Waals surface area contributed by atoms with Gasteiger partial charge < -0.3 is 15.5 Å². The highest BCUT2D eigenvalue weighted by Crippen LogP contribution is 2.18. The third-order valence-electron chi connectivity index (χ3n) is 6.26. The van der Waals surface area contributed by atoms with Crippen LogP contribution < -0.4 is 10.6 Å². The number of nitrogens with one attached hydrogen (secondary N) is 2. The molecular formula is C29H31N3O3. The number of benzene rings is 3. The smallest absolute Gasteiger partial charge is 0.255 e. The number of nitrogens with zero attached hydrogens (tertiary/aromatic N) is 1. The lowest BCUT2D eigenvalue weighted by molar-refractivity contribution is -0.133. The first-order chi connectivity index (χ1) is 17.1. The lowest BCUT2D eigenvalue weighted by Gasteiger charge is -2.27. The number of rotatable bonds is 7. The van der Waals surface area contributed by atoms with Crippen LogP contribution in [-0.2, 0) is 11.2 Å². The second kappa shape index (κ2) is 12.0. The summed E-state index contributed by atoms with van der Waals surface area (Å²) in [6.45, 7) is 1.42. The normalized spacial score (nSPS) is 14.5. The summed E-state index contributed by atoms with van der Waals surface area (Å²) in [6, 6.07) is 24.7. The van der Waals surface area contributed by atoms with Crippen molar-refractivity contribution in [3.05, 3.63) is 102 Å². The van der Waals surface area contributed by atoms with Crippen molar-refractivity contribution in [2.45, 2.75) is 38.1 Å². The van der Waals surface area contributed by atoms with Gasteiger partial charge in [0.25, 0.3) is 11.8 Å². The molecule has 1 aliphatic rings. The largest absolute Gasteiger partial charge is 0.341 e. The Hall–Kier alpha value is -3.93. The highest BCUT2D eigenvalue weighted by molar-refractivity contribution is 6.09. The van der Waals surface area contributed by atoms with E-state index in [9.17, 15) is 14.4 Å². The Balaban J connectivity index is 1.54. The molecule has 1 saturated heterocycles. The van der Waals surface area contributed by atoms with Gasteiger partial charge in [-0.1, -0.05) is 73.5 Å². The first-order valence-electron chi connectivity index (χ1n) is 12.2. The van der Waals surface area contributed by atoms with E-state index in [2.05, 4.69) is 10.6 Å². The number of hydrogen-bond donors (Lipinski definition) is 2. The fourth-order valence-corrected chi connectivity index (χ4v) is 4.37. The molecule has 0 saturated carbocycles. The second-order valence-corrected chi connectivity index (χ2v) is 8.82. The average Bonchev–Trinajstić information content (AvgIpc) is 3.19. The van der Waals surface area contributed by atoms with Crippen LogP contribution in [0.4, 0.5) is 5.69 Å². The van der Waals surface area contributed by atoms with Gasteiger partial charge in [0.05, 0.1) is 11.3 Å².